The Balaban J connectivity index is 1.54. The topological polar surface area (TPSA) is 144 Å². The number of rotatable bonds is 5. The summed E-state index contributed by atoms with van der Waals surface area (Å²) in [4.78, 5) is 39.1. The van der Waals surface area contributed by atoms with E-state index in [-0.39, 0.29) is 30.9 Å². The number of aryl methyl sites for hydroxylation is 1. The third-order valence-corrected chi connectivity index (χ3v) is 7.03. The maximum absolute atomic E-state index is 14.4. The van der Waals surface area contributed by atoms with Gasteiger partial charge in [-0.15, -0.1) is 0 Å². The van der Waals surface area contributed by atoms with Gasteiger partial charge in [-0.05, 0) is 62.9 Å². The second-order valence-corrected chi connectivity index (χ2v) is 10.8. The number of aromatic amines is 1. The monoisotopic (exact) mass is 523 g/mol. The minimum absolute atomic E-state index is 0.113. The number of ether oxygens (including phenoxy) is 2. The fraction of sp³-hybridized carbons (Fsp3) is 0.407. The Morgan fingerprint density at radius 1 is 1.26 bits per heavy atom. The van der Waals surface area contributed by atoms with Gasteiger partial charge in [-0.3, -0.25) is 0 Å². The molecule has 1 fully saturated rings. The van der Waals surface area contributed by atoms with Gasteiger partial charge in [0.1, 0.15) is 5.60 Å². The van der Waals surface area contributed by atoms with Crippen LogP contribution in [0.4, 0.5) is 9.18 Å². The number of carboxylic acid groups (broad SMARTS) is 1. The van der Waals surface area contributed by atoms with Crippen LogP contribution in [0.25, 0.3) is 22.8 Å². The number of likely N-dealkylation sites (tertiary alicyclic amines) is 1. The Kier molecular flexibility index (Phi) is 6.13. The molecule has 1 saturated heterocycles. The molecule has 38 heavy (non-hydrogen) atoms. The molecule has 200 valence electrons. The zero-order valence-electron chi connectivity index (χ0n) is 21.7. The number of carbonyl (C=O) groups excluding carboxylic acids is 1. The van der Waals surface area contributed by atoms with Crippen molar-refractivity contribution in [3.63, 3.8) is 0 Å². The third-order valence-electron chi connectivity index (χ3n) is 7.03. The molecule has 2 aliphatic rings. The van der Waals surface area contributed by atoms with E-state index in [1.807, 2.05) is 0 Å². The van der Waals surface area contributed by atoms with E-state index in [0.29, 0.717) is 46.9 Å². The molecule has 1 aliphatic carbocycles. The molecular formula is C27H30FN5O5. The van der Waals surface area contributed by atoms with Crippen LogP contribution >= 0.6 is 0 Å². The first-order chi connectivity index (χ1) is 18.0. The van der Waals surface area contributed by atoms with E-state index in [4.69, 9.17) is 20.2 Å². The number of carbonyl (C=O) groups is 2. The van der Waals surface area contributed by atoms with E-state index in [1.165, 1.54) is 24.1 Å². The molecule has 5 rings (SSSR count). The van der Waals surface area contributed by atoms with Gasteiger partial charge in [0, 0.05) is 37.1 Å². The lowest BCUT2D eigenvalue weighted by Gasteiger charge is -2.49. The number of methoxy groups -OCH3 is 1. The number of aromatic carboxylic acids is 1. The van der Waals surface area contributed by atoms with Crippen molar-refractivity contribution in [1.29, 1.82) is 0 Å². The number of fused-ring (bicyclic) bond motifs is 3. The standard InChI is InChI=1S/C27H30FN5O5/c1-26(2,3)38-25(36)33-12-27(11-29,13-33)22-19(24(34)35)16-7-5-15-10-30-23(32-20(15)21(16)31-22)14-6-8-18(37-4)17(28)9-14/h6,8-10,31H,5,7,11-13,29H2,1-4H3,(H,34,35). The van der Waals surface area contributed by atoms with Gasteiger partial charge in [0.15, 0.2) is 17.4 Å². The summed E-state index contributed by atoms with van der Waals surface area (Å²) in [6, 6.07) is 4.47. The van der Waals surface area contributed by atoms with Crippen molar-refractivity contribution in [2.24, 2.45) is 5.73 Å². The van der Waals surface area contributed by atoms with Gasteiger partial charge in [0.2, 0.25) is 0 Å². The van der Waals surface area contributed by atoms with Crippen LogP contribution in [0.1, 0.15) is 48.0 Å². The Morgan fingerprint density at radius 2 is 2.00 bits per heavy atom. The average molecular weight is 524 g/mol. The first kappa shape index (κ1) is 25.7. The van der Waals surface area contributed by atoms with E-state index in [2.05, 4.69) is 9.97 Å². The summed E-state index contributed by atoms with van der Waals surface area (Å²) in [5.74, 6) is -1.19. The molecule has 10 nitrogen and oxygen atoms in total. The van der Waals surface area contributed by atoms with Crippen LogP contribution in [-0.2, 0) is 23.0 Å². The van der Waals surface area contributed by atoms with Crippen molar-refractivity contribution < 1.29 is 28.6 Å². The summed E-state index contributed by atoms with van der Waals surface area (Å²) >= 11 is 0. The molecule has 1 aromatic carbocycles. The Hall–Kier alpha value is -3.99. The number of aromatic nitrogens is 3. The molecule has 0 radical (unpaired) electrons. The number of benzene rings is 1. The maximum atomic E-state index is 14.4. The molecular weight excluding hydrogens is 493 g/mol. The molecule has 3 heterocycles. The third kappa shape index (κ3) is 4.26. The van der Waals surface area contributed by atoms with Crippen molar-refractivity contribution >= 4 is 12.1 Å². The molecule has 0 spiro atoms. The van der Waals surface area contributed by atoms with Crippen molar-refractivity contribution in [2.45, 2.75) is 44.6 Å². The smallest absolute Gasteiger partial charge is 0.410 e. The Morgan fingerprint density at radius 3 is 2.61 bits per heavy atom. The van der Waals surface area contributed by atoms with E-state index in [0.717, 1.165) is 5.56 Å². The Labute approximate surface area is 219 Å². The molecule has 0 bridgehead atoms. The van der Waals surface area contributed by atoms with E-state index < -0.39 is 28.9 Å². The molecule has 2 aromatic heterocycles. The second-order valence-electron chi connectivity index (χ2n) is 10.8. The van der Waals surface area contributed by atoms with E-state index >= 15 is 0 Å². The van der Waals surface area contributed by atoms with E-state index in [1.54, 1.807) is 33.0 Å². The van der Waals surface area contributed by atoms with Crippen molar-refractivity contribution in [3.05, 3.63) is 52.6 Å². The first-order valence-electron chi connectivity index (χ1n) is 12.3. The van der Waals surface area contributed by atoms with Gasteiger partial charge in [-0.2, -0.15) is 0 Å². The van der Waals surface area contributed by atoms with Gasteiger partial charge in [0.05, 0.1) is 29.5 Å². The van der Waals surface area contributed by atoms with Gasteiger partial charge >= 0.3 is 12.1 Å². The molecule has 0 unspecified atom stereocenters. The number of nitrogens with zero attached hydrogens (tertiary/aromatic N) is 3. The Bertz CT molecular complexity index is 1440. The number of amides is 1. The fourth-order valence-corrected chi connectivity index (χ4v) is 5.16. The number of hydrogen-bond acceptors (Lipinski definition) is 7. The average Bonchev–Trinajstić information content (AvgIpc) is 3.23. The highest BCUT2D eigenvalue weighted by Gasteiger charge is 2.50. The summed E-state index contributed by atoms with van der Waals surface area (Å²) in [7, 11) is 1.39. The highest BCUT2D eigenvalue weighted by molar-refractivity contribution is 5.95. The van der Waals surface area contributed by atoms with Crippen molar-refractivity contribution in [2.75, 3.05) is 26.7 Å². The van der Waals surface area contributed by atoms with Crippen LogP contribution in [0.15, 0.2) is 24.4 Å². The zero-order chi connectivity index (χ0) is 27.4. The summed E-state index contributed by atoms with van der Waals surface area (Å²) in [5, 5.41) is 10.2. The largest absolute Gasteiger partial charge is 0.494 e. The molecule has 4 N–H and O–H groups in total. The van der Waals surface area contributed by atoms with Crippen LogP contribution in [0, 0.1) is 5.82 Å². The second kappa shape index (κ2) is 9.09. The number of halogens is 1. The zero-order valence-corrected chi connectivity index (χ0v) is 21.7. The maximum Gasteiger partial charge on any atom is 0.410 e. The number of nitrogens with one attached hydrogen (secondary N) is 1. The normalized spacial score (nSPS) is 15.8. The van der Waals surface area contributed by atoms with Crippen LogP contribution in [0.2, 0.25) is 0 Å². The van der Waals surface area contributed by atoms with Crippen LogP contribution in [0.5, 0.6) is 5.75 Å². The molecule has 1 aliphatic heterocycles. The lowest BCUT2D eigenvalue weighted by atomic mass is 9.75. The van der Waals surface area contributed by atoms with E-state index in [9.17, 15) is 19.1 Å². The van der Waals surface area contributed by atoms with Crippen molar-refractivity contribution in [3.8, 4) is 28.5 Å². The minimum atomic E-state index is -1.07. The van der Waals surface area contributed by atoms with Gasteiger partial charge in [-0.25, -0.2) is 23.9 Å². The van der Waals surface area contributed by atoms with Gasteiger partial charge in [0.25, 0.3) is 0 Å². The van der Waals surface area contributed by atoms with Gasteiger partial charge < -0.3 is 30.2 Å². The quantitative estimate of drug-likeness (QED) is 0.461. The number of hydrogen-bond donors (Lipinski definition) is 3. The highest BCUT2D eigenvalue weighted by atomic mass is 19.1. The van der Waals surface area contributed by atoms with Crippen LogP contribution in [-0.4, -0.2) is 69.4 Å². The number of H-pyrrole nitrogens is 1. The van der Waals surface area contributed by atoms with Gasteiger partial charge in [-0.1, -0.05) is 0 Å². The van der Waals surface area contributed by atoms with Crippen LogP contribution < -0.4 is 10.5 Å². The molecule has 0 atom stereocenters. The lowest BCUT2D eigenvalue weighted by molar-refractivity contribution is -0.00905. The highest BCUT2D eigenvalue weighted by Crippen LogP contribution is 2.43. The predicted octanol–water partition coefficient (Wildman–Crippen LogP) is 3.53. The number of carboxylic acids is 1. The summed E-state index contributed by atoms with van der Waals surface area (Å²) in [5.41, 5.74) is 8.51. The molecule has 3 aromatic rings. The summed E-state index contributed by atoms with van der Waals surface area (Å²) in [6.07, 6.45) is 2.26. The summed E-state index contributed by atoms with van der Waals surface area (Å²) < 4.78 is 24.8. The predicted molar refractivity (Wildman–Crippen MR) is 137 cm³/mol. The first-order valence-corrected chi connectivity index (χ1v) is 12.3. The molecule has 0 saturated carbocycles. The summed E-state index contributed by atoms with van der Waals surface area (Å²) in [6.45, 7) is 5.96. The van der Waals surface area contributed by atoms with Crippen LogP contribution in [0.3, 0.4) is 0 Å². The lowest BCUT2D eigenvalue weighted by Crippen LogP contribution is -2.65. The molecule has 1 amide bonds. The van der Waals surface area contributed by atoms with Crippen molar-refractivity contribution in [1.82, 2.24) is 19.9 Å². The number of nitrogens with two attached hydrogens (primary N) is 1. The fourth-order valence-electron chi connectivity index (χ4n) is 5.16. The minimum Gasteiger partial charge on any atom is -0.494 e. The SMILES string of the molecule is COc1ccc(-c2ncc3c(n2)-c2[nH]c(C4(CN)CN(C(=O)OC(C)(C)C)C4)c(C(=O)O)c2CC3)cc1F. The molecule has 11 heteroatoms.